The molecule has 0 amide bonds. The fourth-order valence-electron chi connectivity index (χ4n) is 1.57. The van der Waals surface area contributed by atoms with Gasteiger partial charge in [0.15, 0.2) is 0 Å². The predicted octanol–water partition coefficient (Wildman–Crippen LogP) is 2.32. The monoisotopic (exact) mass is 295 g/mol. The highest BCUT2D eigenvalue weighted by molar-refractivity contribution is 7.92. The van der Waals surface area contributed by atoms with Crippen molar-refractivity contribution in [3.63, 3.8) is 0 Å². The molecule has 20 heavy (non-hydrogen) atoms. The maximum absolute atomic E-state index is 13.2. The molecule has 0 fully saturated rings. The van der Waals surface area contributed by atoms with E-state index in [1.54, 1.807) is 18.2 Å². The number of carboxylic acid groups (broad SMARTS) is 1. The molecule has 2 N–H and O–H groups in total. The molecule has 2 aromatic rings. The third-order valence-electron chi connectivity index (χ3n) is 2.50. The number of carboxylic acids is 1. The van der Waals surface area contributed by atoms with Crippen molar-refractivity contribution in [3.05, 3.63) is 59.9 Å². The molecule has 2 rings (SSSR count). The summed E-state index contributed by atoms with van der Waals surface area (Å²) in [5.41, 5.74) is -0.620. The molecule has 0 radical (unpaired) electrons. The lowest BCUT2D eigenvalue weighted by atomic mass is 10.2. The molecule has 0 aliphatic heterocycles. The number of sulfonamides is 1. The Morgan fingerprint density at radius 1 is 1.10 bits per heavy atom. The van der Waals surface area contributed by atoms with E-state index < -0.39 is 27.4 Å². The second-order valence-corrected chi connectivity index (χ2v) is 5.60. The number of anilines is 1. The summed E-state index contributed by atoms with van der Waals surface area (Å²) < 4.78 is 39.4. The van der Waals surface area contributed by atoms with Crippen molar-refractivity contribution < 1.29 is 22.7 Å². The zero-order valence-corrected chi connectivity index (χ0v) is 10.9. The molecule has 0 bridgehead atoms. The Labute approximate surface area is 114 Å². The number of nitrogens with one attached hydrogen (secondary N) is 1. The van der Waals surface area contributed by atoms with E-state index >= 15 is 0 Å². The molecule has 0 aliphatic carbocycles. The molecule has 7 heteroatoms. The van der Waals surface area contributed by atoms with E-state index in [0.29, 0.717) is 0 Å². The Bertz CT molecular complexity index is 744. The van der Waals surface area contributed by atoms with Gasteiger partial charge in [0.1, 0.15) is 5.82 Å². The Morgan fingerprint density at radius 3 is 2.35 bits per heavy atom. The van der Waals surface area contributed by atoms with Crippen LogP contribution in [-0.4, -0.2) is 19.5 Å². The van der Waals surface area contributed by atoms with E-state index in [0.717, 1.165) is 18.2 Å². The lowest BCUT2D eigenvalue weighted by Gasteiger charge is -2.09. The second kappa shape index (κ2) is 5.30. The van der Waals surface area contributed by atoms with Crippen LogP contribution in [0.5, 0.6) is 0 Å². The fraction of sp³-hybridized carbons (Fsp3) is 0. The Kier molecular flexibility index (Phi) is 3.71. The van der Waals surface area contributed by atoms with Crippen molar-refractivity contribution >= 4 is 21.7 Å². The number of hydrogen-bond acceptors (Lipinski definition) is 3. The standard InChI is InChI=1S/C13H10FNO4S/c14-12-7-6-9(8-11(12)13(16)17)15-20(18,19)10-4-2-1-3-5-10/h1-8,15H,(H,16,17). The Balaban J connectivity index is 2.36. The normalized spacial score (nSPS) is 11.1. The average molecular weight is 295 g/mol. The van der Waals surface area contributed by atoms with E-state index in [-0.39, 0.29) is 10.6 Å². The number of benzene rings is 2. The summed E-state index contributed by atoms with van der Waals surface area (Å²) in [5, 5.41) is 8.79. The summed E-state index contributed by atoms with van der Waals surface area (Å²) in [7, 11) is -3.83. The van der Waals surface area contributed by atoms with Gasteiger partial charge in [-0.25, -0.2) is 17.6 Å². The van der Waals surface area contributed by atoms with Gasteiger partial charge in [-0.15, -0.1) is 0 Å². The minimum atomic E-state index is -3.83. The van der Waals surface area contributed by atoms with Crippen LogP contribution in [0.2, 0.25) is 0 Å². The van der Waals surface area contributed by atoms with Crippen molar-refractivity contribution in [2.75, 3.05) is 4.72 Å². The van der Waals surface area contributed by atoms with E-state index in [9.17, 15) is 17.6 Å². The molecule has 0 aromatic heterocycles. The molecule has 2 aromatic carbocycles. The Hall–Kier alpha value is -2.41. The first-order chi connectivity index (χ1) is 9.40. The quantitative estimate of drug-likeness (QED) is 0.906. The summed E-state index contributed by atoms with van der Waals surface area (Å²) in [6.07, 6.45) is 0. The van der Waals surface area contributed by atoms with E-state index in [1.165, 1.54) is 12.1 Å². The summed E-state index contributed by atoms with van der Waals surface area (Å²) >= 11 is 0. The number of halogens is 1. The summed E-state index contributed by atoms with van der Waals surface area (Å²) in [6.45, 7) is 0. The molecule has 0 saturated heterocycles. The van der Waals surface area contributed by atoms with Gasteiger partial charge in [0.25, 0.3) is 10.0 Å². The second-order valence-electron chi connectivity index (χ2n) is 3.92. The van der Waals surface area contributed by atoms with Crippen LogP contribution < -0.4 is 4.72 Å². The van der Waals surface area contributed by atoms with E-state index in [2.05, 4.69) is 4.72 Å². The first kappa shape index (κ1) is 14.0. The van der Waals surface area contributed by atoms with Crippen molar-refractivity contribution in [2.45, 2.75) is 4.90 Å². The third-order valence-corrected chi connectivity index (χ3v) is 3.90. The van der Waals surface area contributed by atoms with Crippen LogP contribution in [-0.2, 0) is 10.0 Å². The number of carbonyl (C=O) groups is 1. The Morgan fingerprint density at radius 2 is 1.75 bits per heavy atom. The van der Waals surface area contributed by atoms with Crippen LogP contribution in [0, 0.1) is 5.82 Å². The van der Waals surface area contributed by atoms with Gasteiger partial charge in [-0.05, 0) is 30.3 Å². The fourth-order valence-corrected chi connectivity index (χ4v) is 2.64. The number of rotatable bonds is 4. The lowest BCUT2D eigenvalue weighted by Crippen LogP contribution is -2.13. The molecule has 5 nitrogen and oxygen atoms in total. The van der Waals surface area contributed by atoms with Crippen LogP contribution in [0.4, 0.5) is 10.1 Å². The van der Waals surface area contributed by atoms with Crippen molar-refractivity contribution in [2.24, 2.45) is 0 Å². The van der Waals surface area contributed by atoms with E-state index in [1.807, 2.05) is 0 Å². The van der Waals surface area contributed by atoms with Gasteiger partial charge in [0.2, 0.25) is 0 Å². The van der Waals surface area contributed by atoms with Crippen LogP contribution in [0.25, 0.3) is 0 Å². The lowest BCUT2D eigenvalue weighted by molar-refractivity contribution is 0.0692. The van der Waals surface area contributed by atoms with Crippen LogP contribution in [0.1, 0.15) is 10.4 Å². The molecule has 0 spiro atoms. The zero-order chi connectivity index (χ0) is 14.8. The first-order valence-corrected chi connectivity index (χ1v) is 6.99. The molecule has 0 heterocycles. The zero-order valence-electron chi connectivity index (χ0n) is 10.1. The molecule has 0 unspecified atom stereocenters. The molecular formula is C13H10FNO4S. The summed E-state index contributed by atoms with van der Waals surface area (Å²) in [6, 6.07) is 10.5. The molecule has 0 aliphatic rings. The maximum Gasteiger partial charge on any atom is 0.338 e. The molecule has 0 atom stereocenters. The highest BCUT2D eigenvalue weighted by atomic mass is 32.2. The minimum Gasteiger partial charge on any atom is -0.478 e. The topological polar surface area (TPSA) is 83.5 Å². The summed E-state index contributed by atoms with van der Waals surface area (Å²) in [4.78, 5) is 10.8. The smallest absolute Gasteiger partial charge is 0.338 e. The van der Waals surface area contributed by atoms with Gasteiger partial charge in [-0.2, -0.15) is 0 Å². The SMILES string of the molecule is O=C(O)c1cc(NS(=O)(=O)c2ccccc2)ccc1F. The highest BCUT2D eigenvalue weighted by Crippen LogP contribution is 2.19. The third kappa shape index (κ3) is 2.94. The average Bonchev–Trinajstić information content (AvgIpc) is 2.41. The highest BCUT2D eigenvalue weighted by Gasteiger charge is 2.16. The van der Waals surface area contributed by atoms with Gasteiger partial charge in [0, 0.05) is 5.69 Å². The van der Waals surface area contributed by atoms with Gasteiger partial charge >= 0.3 is 5.97 Å². The molecular weight excluding hydrogens is 285 g/mol. The number of hydrogen-bond donors (Lipinski definition) is 2. The van der Waals surface area contributed by atoms with Gasteiger partial charge in [0.05, 0.1) is 10.5 Å². The first-order valence-electron chi connectivity index (χ1n) is 5.51. The van der Waals surface area contributed by atoms with Crippen LogP contribution >= 0.6 is 0 Å². The van der Waals surface area contributed by atoms with Gasteiger partial charge in [-0.1, -0.05) is 18.2 Å². The van der Waals surface area contributed by atoms with Crippen LogP contribution in [0.15, 0.2) is 53.4 Å². The summed E-state index contributed by atoms with van der Waals surface area (Å²) in [5.74, 6) is -2.40. The van der Waals surface area contributed by atoms with Crippen molar-refractivity contribution in [3.8, 4) is 0 Å². The van der Waals surface area contributed by atoms with E-state index in [4.69, 9.17) is 5.11 Å². The molecule has 0 saturated carbocycles. The van der Waals surface area contributed by atoms with Gasteiger partial charge in [-0.3, -0.25) is 4.72 Å². The predicted molar refractivity (Wildman–Crippen MR) is 70.6 cm³/mol. The van der Waals surface area contributed by atoms with Gasteiger partial charge < -0.3 is 5.11 Å². The minimum absolute atomic E-state index is 0.0207. The maximum atomic E-state index is 13.2. The van der Waals surface area contributed by atoms with Crippen molar-refractivity contribution in [1.82, 2.24) is 0 Å². The van der Waals surface area contributed by atoms with Crippen LogP contribution in [0.3, 0.4) is 0 Å². The molecule has 104 valence electrons. The largest absolute Gasteiger partial charge is 0.478 e. The number of aromatic carboxylic acids is 1. The van der Waals surface area contributed by atoms with Crippen molar-refractivity contribution in [1.29, 1.82) is 0 Å².